The normalized spacial score (nSPS) is 11.4. The minimum absolute atomic E-state index is 0.183. The number of nitrogens with one attached hydrogen (secondary N) is 1. The third-order valence-electron chi connectivity index (χ3n) is 3.25. The largest absolute Gasteiger partial charge is 0.380 e. The van der Waals surface area contributed by atoms with E-state index >= 15 is 0 Å². The van der Waals surface area contributed by atoms with Crippen LogP contribution in [0.1, 0.15) is 31.9 Å². The van der Waals surface area contributed by atoms with E-state index in [1.165, 1.54) is 11.1 Å². The highest BCUT2D eigenvalue weighted by molar-refractivity contribution is 6.43. The topological polar surface area (TPSA) is 12.0 Å². The van der Waals surface area contributed by atoms with Gasteiger partial charge in [-0.05, 0) is 28.7 Å². The smallest absolute Gasteiger partial charge is 0.0823 e. The molecule has 0 aromatic heterocycles. The number of halogens is 2. The van der Waals surface area contributed by atoms with E-state index in [1.54, 1.807) is 6.07 Å². The molecule has 0 atom stereocenters. The zero-order valence-electron chi connectivity index (χ0n) is 12.0. The van der Waals surface area contributed by atoms with Crippen molar-refractivity contribution in [2.75, 3.05) is 5.32 Å². The Labute approximate surface area is 130 Å². The van der Waals surface area contributed by atoms with E-state index in [0.29, 0.717) is 10.0 Å². The Kier molecular flexibility index (Phi) is 4.62. The van der Waals surface area contributed by atoms with Crippen molar-refractivity contribution in [3.63, 3.8) is 0 Å². The minimum atomic E-state index is 0.183. The minimum Gasteiger partial charge on any atom is -0.380 e. The molecule has 3 heteroatoms. The first-order valence-corrected chi connectivity index (χ1v) is 7.41. The number of anilines is 1. The molecule has 0 bridgehead atoms. The zero-order valence-corrected chi connectivity index (χ0v) is 13.5. The van der Waals surface area contributed by atoms with Gasteiger partial charge in [-0.1, -0.05) is 74.3 Å². The Bertz CT molecular complexity index is 583. The van der Waals surface area contributed by atoms with Crippen LogP contribution in [0.3, 0.4) is 0 Å². The average Bonchev–Trinajstić information content (AvgIpc) is 2.40. The lowest BCUT2D eigenvalue weighted by molar-refractivity contribution is 0.590. The molecular weight excluding hydrogens is 289 g/mol. The van der Waals surface area contributed by atoms with Crippen molar-refractivity contribution >= 4 is 28.9 Å². The van der Waals surface area contributed by atoms with E-state index in [9.17, 15) is 0 Å². The SMILES string of the molecule is CC(C)(C)c1ccc(CNc2cccc(Cl)c2Cl)cc1. The van der Waals surface area contributed by atoms with Crippen LogP contribution in [0.2, 0.25) is 10.0 Å². The fraction of sp³-hybridized carbons (Fsp3) is 0.294. The van der Waals surface area contributed by atoms with E-state index < -0.39 is 0 Å². The fourth-order valence-corrected chi connectivity index (χ4v) is 2.33. The molecule has 0 spiro atoms. The predicted molar refractivity (Wildman–Crippen MR) is 88.9 cm³/mol. The number of hydrogen-bond acceptors (Lipinski definition) is 1. The molecule has 0 aliphatic heterocycles. The van der Waals surface area contributed by atoms with Gasteiger partial charge in [0, 0.05) is 6.54 Å². The number of rotatable bonds is 3. The average molecular weight is 308 g/mol. The molecule has 0 aliphatic rings. The summed E-state index contributed by atoms with van der Waals surface area (Å²) in [6.45, 7) is 7.37. The Morgan fingerprint density at radius 2 is 1.60 bits per heavy atom. The van der Waals surface area contributed by atoms with Gasteiger partial charge in [0.15, 0.2) is 0 Å². The third-order valence-corrected chi connectivity index (χ3v) is 4.07. The maximum absolute atomic E-state index is 6.15. The Hall–Kier alpha value is -1.18. The molecule has 0 saturated heterocycles. The van der Waals surface area contributed by atoms with E-state index in [-0.39, 0.29) is 5.41 Å². The lowest BCUT2D eigenvalue weighted by Crippen LogP contribution is -2.11. The molecule has 0 amide bonds. The molecule has 0 aliphatic carbocycles. The summed E-state index contributed by atoms with van der Waals surface area (Å²) in [4.78, 5) is 0. The third kappa shape index (κ3) is 3.68. The fourth-order valence-electron chi connectivity index (χ4n) is 1.96. The maximum atomic E-state index is 6.15. The van der Waals surface area contributed by atoms with Gasteiger partial charge in [0.05, 0.1) is 15.7 Å². The Morgan fingerprint density at radius 3 is 2.20 bits per heavy atom. The zero-order chi connectivity index (χ0) is 14.8. The highest BCUT2D eigenvalue weighted by Gasteiger charge is 2.12. The summed E-state index contributed by atoms with van der Waals surface area (Å²) in [5.41, 5.74) is 3.59. The summed E-state index contributed by atoms with van der Waals surface area (Å²) in [6, 6.07) is 14.2. The molecule has 1 nitrogen and oxygen atoms in total. The van der Waals surface area contributed by atoms with Crippen molar-refractivity contribution in [3.05, 3.63) is 63.6 Å². The lowest BCUT2D eigenvalue weighted by Gasteiger charge is -2.19. The van der Waals surface area contributed by atoms with Crippen molar-refractivity contribution in [1.29, 1.82) is 0 Å². The van der Waals surface area contributed by atoms with Crippen LogP contribution in [0.15, 0.2) is 42.5 Å². The van der Waals surface area contributed by atoms with E-state index in [4.69, 9.17) is 23.2 Å². The molecule has 0 heterocycles. The van der Waals surface area contributed by atoms with Crippen molar-refractivity contribution in [2.45, 2.75) is 32.7 Å². The standard InChI is InChI=1S/C17H19Cl2N/c1-17(2,3)13-9-7-12(8-10-13)11-20-15-6-4-5-14(18)16(15)19/h4-10,20H,11H2,1-3H3. The van der Waals surface area contributed by atoms with Gasteiger partial charge >= 0.3 is 0 Å². The quantitative estimate of drug-likeness (QED) is 0.744. The second-order valence-corrected chi connectivity index (χ2v) is 6.69. The summed E-state index contributed by atoms with van der Waals surface area (Å²) in [6.07, 6.45) is 0. The predicted octanol–water partition coefficient (Wildman–Crippen LogP) is 5.90. The molecule has 2 aromatic carbocycles. The molecule has 0 radical (unpaired) electrons. The molecule has 20 heavy (non-hydrogen) atoms. The summed E-state index contributed by atoms with van der Waals surface area (Å²) in [5.74, 6) is 0. The van der Waals surface area contributed by atoms with Crippen LogP contribution < -0.4 is 5.32 Å². The van der Waals surface area contributed by atoms with Gasteiger partial charge in [-0.3, -0.25) is 0 Å². The molecule has 106 valence electrons. The molecule has 2 aromatic rings. The van der Waals surface area contributed by atoms with Crippen molar-refractivity contribution in [2.24, 2.45) is 0 Å². The summed E-state index contributed by atoms with van der Waals surface area (Å²) in [7, 11) is 0. The first kappa shape index (κ1) is 15.2. The summed E-state index contributed by atoms with van der Waals surface area (Å²) in [5, 5.41) is 4.45. The number of hydrogen-bond donors (Lipinski definition) is 1. The van der Waals surface area contributed by atoms with Gasteiger partial charge < -0.3 is 5.32 Å². The van der Waals surface area contributed by atoms with Gasteiger partial charge in [0.2, 0.25) is 0 Å². The molecule has 2 rings (SSSR count). The summed E-state index contributed by atoms with van der Waals surface area (Å²) >= 11 is 12.1. The van der Waals surface area contributed by atoms with E-state index in [0.717, 1.165) is 12.2 Å². The van der Waals surface area contributed by atoms with Crippen molar-refractivity contribution < 1.29 is 0 Å². The van der Waals surface area contributed by atoms with Gasteiger partial charge in [0.25, 0.3) is 0 Å². The molecule has 0 unspecified atom stereocenters. The van der Waals surface area contributed by atoms with Crippen LogP contribution >= 0.6 is 23.2 Å². The van der Waals surface area contributed by atoms with Crippen molar-refractivity contribution in [3.8, 4) is 0 Å². The second-order valence-electron chi connectivity index (χ2n) is 5.90. The first-order chi connectivity index (χ1) is 9.38. The number of benzene rings is 2. The molecule has 0 fully saturated rings. The molecule has 1 N–H and O–H groups in total. The van der Waals surface area contributed by atoms with Gasteiger partial charge in [-0.25, -0.2) is 0 Å². The van der Waals surface area contributed by atoms with Crippen molar-refractivity contribution in [1.82, 2.24) is 0 Å². The summed E-state index contributed by atoms with van der Waals surface area (Å²) < 4.78 is 0. The van der Waals surface area contributed by atoms with Gasteiger partial charge in [-0.15, -0.1) is 0 Å². The highest BCUT2D eigenvalue weighted by atomic mass is 35.5. The Morgan fingerprint density at radius 1 is 0.950 bits per heavy atom. The second kappa shape index (κ2) is 6.07. The Balaban J connectivity index is 2.06. The van der Waals surface area contributed by atoms with Gasteiger partial charge in [0.1, 0.15) is 0 Å². The lowest BCUT2D eigenvalue weighted by atomic mass is 9.87. The first-order valence-electron chi connectivity index (χ1n) is 6.65. The monoisotopic (exact) mass is 307 g/mol. The van der Waals surface area contributed by atoms with Crippen LogP contribution in [0.4, 0.5) is 5.69 Å². The van der Waals surface area contributed by atoms with E-state index in [1.807, 2.05) is 12.1 Å². The van der Waals surface area contributed by atoms with Crippen LogP contribution in [0.25, 0.3) is 0 Å². The highest BCUT2D eigenvalue weighted by Crippen LogP contribution is 2.30. The molecular formula is C17H19Cl2N. The van der Waals surface area contributed by atoms with Crippen LogP contribution in [0.5, 0.6) is 0 Å². The van der Waals surface area contributed by atoms with E-state index in [2.05, 4.69) is 50.4 Å². The maximum Gasteiger partial charge on any atom is 0.0823 e. The molecule has 0 saturated carbocycles. The van der Waals surface area contributed by atoms with Crippen LogP contribution in [0, 0.1) is 0 Å². The van der Waals surface area contributed by atoms with Crippen LogP contribution in [-0.4, -0.2) is 0 Å². The van der Waals surface area contributed by atoms with Crippen LogP contribution in [-0.2, 0) is 12.0 Å². The van der Waals surface area contributed by atoms with Gasteiger partial charge in [-0.2, -0.15) is 0 Å².